The van der Waals surface area contributed by atoms with Crippen LogP contribution in [-0.4, -0.2) is 41.8 Å². The van der Waals surface area contributed by atoms with Crippen LogP contribution in [0.4, 0.5) is 4.79 Å². The number of benzene rings is 1. The second-order valence-electron chi connectivity index (χ2n) is 5.63. The Bertz CT molecular complexity index is 424. The third-order valence-corrected chi connectivity index (χ3v) is 3.04. The molecule has 112 valence electrons. The Hall–Kier alpha value is -1.75. The van der Waals surface area contributed by atoms with E-state index in [-0.39, 0.29) is 5.54 Å². The molecule has 0 spiro atoms. The Morgan fingerprint density at radius 3 is 2.35 bits per heavy atom. The first kappa shape index (κ1) is 16.3. The van der Waals surface area contributed by atoms with Crippen LogP contribution in [0.5, 0.6) is 5.75 Å². The molecule has 5 heteroatoms. The van der Waals surface area contributed by atoms with Gasteiger partial charge in [-0.25, -0.2) is 4.79 Å². The van der Waals surface area contributed by atoms with Gasteiger partial charge in [0.05, 0.1) is 7.11 Å². The van der Waals surface area contributed by atoms with Crippen molar-refractivity contribution in [3.63, 3.8) is 0 Å². The van der Waals surface area contributed by atoms with Crippen molar-refractivity contribution >= 4 is 6.09 Å². The highest BCUT2D eigenvalue weighted by atomic mass is 16.5. The van der Waals surface area contributed by atoms with Crippen molar-refractivity contribution in [1.82, 2.24) is 10.2 Å². The number of carboxylic acid groups (broad SMARTS) is 1. The maximum Gasteiger partial charge on any atom is 0.407 e. The molecule has 0 aliphatic rings. The molecule has 0 atom stereocenters. The fraction of sp³-hybridized carbons (Fsp3) is 0.533. The lowest BCUT2D eigenvalue weighted by Gasteiger charge is -2.33. The van der Waals surface area contributed by atoms with E-state index in [1.54, 1.807) is 7.11 Å². The highest BCUT2D eigenvalue weighted by molar-refractivity contribution is 5.65. The van der Waals surface area contributed by atoms with Crippen molar-refractivity contribution < 1.29 is 14.6 Å². The zero-order valence-corrected chi connectivity index (χ0v) is 12.6. The van der Waals surface area contributed by atoms with E-state index in [1.165, 1.54) is 4.90 Å². The number of ether oxygens (including phenoxy) is 1. The van der Waals surface area contributed by atoms with Gasteiger partial charge in [0.25, 0.3) is 0 Å². The molecule has 0 unspecified atom stereocenters. The van der Waals surface area contributed by atoms with E-state index < -0.39 is 6.09 Å². The Labute approximate surface area is 120 Å². The largest absolute Gasteiger partial charge is 0.497 e. The first-order chi connectivity index (χ1) is 9.34. The van der Waals surface area contributed by atoms with Gasteiger partial charge >= 0.3 is 6.09 Å². The number of hydrogen-bond acceptors (Lipinski definition) is 3. The zero-order valence-electron chi connectivity index (χ0n) is 12.6. The molecule has 0 radical (unpaired) electrons. The second-order valence-corrected chi connectivity index (χ2v) is 5.63. The fourth-order valence-corrected chi connectivity index (χ4v) is 1.88. The van der Waals surface area contributed by atoms with E-state index in [2.05, 4.69) is 5.32 Å². The molecule has 0 aromatic heterocycles. The molecule has 0 aliphatic heterocycles. The van der Waals surface area contributed by atoms with Crippen molar-refractivity contribution in [3.05, 3.63) is 29.8 Å². The summed E-state index contributed by atoms with van der Waals surface area (Å²) < 4.78 is 5.10. The molecule has 5 nitrogen and oxygen atoms in total. The summed E-state index contributed by atoms with van der Waals surface area (Å²) in [6.45, 7) is 7.48. The molecule has 0 saturated heterocycles. The van der Waals surface area contributed by atoms with Crippen LogP contribution in [0.1, 0.15) is 26.3 Å². The molecule has 0 saturated carbocycles. The number of nitrogens with one attached hydrogen (secondary N) is 1. The lowest BCUT2D eigenvalue weighted by Crippen LogP contribution is -2.47. The van der Waals surface area contributed by atoms with E-state index in [0.717, 1.165) is 11.3 Å². The number of nitrogens with zero attached hydrogens (tertiary/aromatic N) is 1. The minimum absolute atomic E-state index is 0.381. The highest BCUT2D eigenvalue weighted by Crippen LogP contribution is 2.13. The monoisotopic (exact) mass is 280 g/mol. The predicted octanol–water partition coefficient (Wildman–Crippen LogP) is 2.56. The molecule has 20 heavy (non-hydrogen) atoms. The van der Waals surface area contributed by atoms with Crippen molar-refractivity contribution in [2.24, 2.45) is 0 Å². The van der Waals surface area contributed by atoms with Gasteiger partial charge in [0.15, 0.2) is 0 Å². The molecule has 2 N–H and O–H groups in total. The smallest absolute Gasteiger partial charge is 0.407 e. The van der Waals surface area contributed by atoms with Crippen LogP contribution in [0, 0.1) is 0 Å². The van der Waals surface area contributed by atoms with Crippen LogP contribution in [0.15, 0.2) is 24.3 Å². The molecule has 0 heterocycles. The van der Waals surface area contributed by atoms with Crippen molar-refractivity contribution in [1.29, 1.82) is 0 Å². The van der Waals surface area contributed by atoms with E-state index in [4.69, 9.17) is 9.84 Å². The van der Waals surface area contributed by atoms with E-state index in [1.807, 2.05) is 45.0 Å². The highest BCUT2D eigenvalue weighted by Gasteiger charge is 2.25. The lowest BCUT2D eigenvalue weighted by atomic mass is 10.1. The van der Waals surface area contributed by atoms with Gasteiger partial charge < -0.3 is 20.1 Å². The maximum absolute atomic E-state index is 11.2. The third-order valence-electron chi connectivity index (χ3n) is 3.04. The summed E-state index contributed by atoms with van der Waals surface area (Å²) in [6, 6.07) is 7.81. The Morgan fingerprint density at radius 1 is 1.30 bits per heavy atom. The number of carbonyl (C=O) groups is 1. The van der Waals surface area contributed by atoms with Gasteiger partial charge in [0, 0.05) is 25.2 Å². The minimum atomic E-state index is -0.885. The van der Waals surface area contributed by atoms with Crippen LogP contribution in [0.25, 0.3) is 0 Å². The quantitative estimate of drug-likeness (QED) is 0.786. The van der Waals surface area contributed by atoms with Gasteiger partial charge in [0.2, 0.25) is 0 Å². The standard InChI is InChI=1S/C15H24N2O3/c1-15(2,3)17(14(18)19)10-9-16-11-12-5-7-13(20-4)8-6-12/h5-8,16H,9-11H2,1-4H3,(H,18,19). The first-order valence-corrected chi connectivity index (χ1v) is 6.69. The van der Waals surface area contributed by atoms with Crippen molar-refractivity contribution in [3.8, 4) is 5.75 Å². The fourth-order valence-electron chi connectivity index (χ4n) is 1.88. The van der Waals surface area contributed by atoms with Gasteiger partial charge in [-0.15, -0.1) is 0 Å². The molecule has 1 rings (SSSR count). The molecule has 0 bridgehead atoms. The van der Waals surface area contributed by atoms with Crippen molar-refractivity contribution in [2.45, 2.75) is 32.9 Å². The van der Waals surface area contributed by atoms with Gasteiger partial charge in [-0.05, 0) is 38.5 Å². The Balaban J connectivity index is 2.38. The average molecular weight is 280 g/mol. The summed E-state index contributed by atoms with van der Waals surface area (Å²) in [5.41, 5.74) is 0.761. The summed E-state index contributed by atoms with van der Waals surface area (Å²) in [7, 11) is 1.64. The predicted molar refractivity (Wildman–Crippen MR) is 79.2 cm³/mol. The van der Waals surface area contributed by atoms with Gasteiger partial charge in [0.1, 0.15) is 5.75 Å². The third kappa shape index (κ3) is 5.09. The van der Waals surface area contributed by atoms with Crippen LogP contribution in [0.3, 0.4) is 0 Å². The van der Waals surface area contributed by atoms with E-state index in [9.17, 15) is 4.79 Å². The number of rotatable bonds is 6. The molecule has 1 aromatic rings. The molecule has 1 aromatic carbocycles. The van der Waals surface area contributed by atoms with Crippen LogP contribution in [0.2, 0.25) is 0 Å². The van der Waals surface area contributed by atoms with Crippen LogP contribution in [-0.2, 0) is 6.54 Å². The number of methoxy groups -OCH3 is 1. The number of amides is 1. The van der Waals surface area contributed by atoms with E-state index in [0.29, 0.717) is 19.6 Å². The van der Waals surface area contributed by atoms with E-state index >= 15 is 0 Å². The average Bonchev–Trinajstić information content (AvgIpc) is 2.37. The summed E-state index contributed by atoms with van der Waals surface area (Å²) >= 11 is 0. The topological polar surface area (TPSA) is 61.8 Å². The summed E-state index contributed by atoms with van der Waals surface area (Å²) in [5, 5.41) is 12.4. The van der Waals surface area contributed by atoms with Crippen molar-refractivity contribution in [2.75, 3.05) is 20.2 Å². The van der Waals surface area contributed by atoms with Gasteiger partial charge in [-0.3, -0.25) is 0 Å². The first-order valence-electron chi connectivity index (χ1n) is 6.69. The lowest BCUT2D eigenvalue weighted by molar-refractivity contribution is 0.101. The molecular weight excluding hydrogens is 256 g/mol. The Morgan fingerprint density at radius 2 is 1.90 bits per heavy atom. The minimum Gasteiger partial charge on any atom is -0.497 e. The van der Waals surface area contributed by atoms with Crippen LogP contribution < -0.4 is 10.1 Å². The second kappa shape index (κ2) is 7.14. The zero-order chi connectivity index (χ0) is 15.2. The molecular formula is C15H24N2O3. The summed E-state index contributed by atoms with van der Waals surface area (Å²) in [5.74, 6) is 0.832. The number of hydrogen-bond donors (Lipinski definition) is 2. The molecule has 0 aliphatic carbocycles. The van der Waals surface area contributed by atoms with Crippen LogP contribution >= 0.6 is 0 Å². The Kier molecular flexibility index (Phi) is 5.82. The summed E-state index contributed by atoms with van der Waals surface area (Å²) in [6.07, 6.45) is -0.885. The molecule has 1 amide bonds. The maximum atomic E-state index is 11.2. The van der Waals surface area contributed by atoms with Gasteiger partial charge in [-0.2, -0.15) is 0 Å². The van der Waals surface area contributed by atoms with Gasteiger partial charge in [-0.1, -0.05) is 12.1 Å². The normalized spacial score (nSPS) is 11.2. The molecule has 0 fully saturated rings. The summed E-state index contributed by atoms with van der Waals surface area (Å²) in [4.78, 5) is 12.6. The SMILES string of the molecule is COc1ccc(CNCCN(C(=O)O)C(C)(C)C)cc1.